The second-order valence-corrected chi connectivity index (χ2v) is 4.22. The summed E-state index contributed by atoms with van der Waals surface area (Å²) in [5.74, 6) is 0.955. The molecule has 0 saturated heterocycles. The summed E-state index contributed by atoms with van der Waals surface area (Å²) in [6.45, 7) is 0.480. The molecule has 0 aliphatic heterocycles. The molecular formula is C13H16N4O2. The van der Waals surface area contributed by atoms with Gasteiger partial charge in [-0.15, -0.1) is 0 Å². The molecule has 6 heteroatoms. The smallest absolute Gasteiger partial charge is 0.143 e. The Morgan fingerprint density at radius 2 is 2.11 bits per heavy atom. The number of nitrogens with zero attached hydrogens (tertiary/aromatic N) is 3. The van der Waals surface area contributed by atoms with Crippen molar-refractivity contribution in [2.24, 2.45) is 17.9 Å². The molecule has 19 heavy (non-hydrogen) atoms. The number of nitrogens with two attached hydrogens (primary N) is 1. The molecular weight excluding hydrogens is 244 g/mol. The van der Waals surface area contributed by atoms with Crippen LogP contribution in [-0.4, -0.2) is 20.8 Å². The van der Waals surface area contributed by atoms with Gasteiger partial charge in [0, 0.05) is 25.2 Å². The van der Waals surface area contributed by atoms with Gasteiger partial charge in [0.05, 0.1) is 6.20 Å². The standard InChI is InChI=1S/C13H16N4O2/c1-17-8-11(7-15-17)9-19-12-4-2-10(3-5-12)6-13(14)16-18/h2-5,7-8,18H,6,9H2,1H3,(H2,14,16). The van der Waals surface area contributed by atoms with E-state index >= 15 is 0 Å². The van der Waals surface area contributed by atoms with Gasteiger partial charge in [-0.2, -0.15) is 5.10 Å². The lowest BCUT2D eigenvalue weighted by Crippen LogP contribution is -2.14. The molecule has 0 spiro atoms. The maximum atomic E-state index is 8.49. The Labute approximate surface area is 111 Å². The van der Waals surface area contributed by atoms with E-state index in [9.17, 15) is 0 Å². The van der Waals surface area contributed by atoms with E-state index in [-0.39, 0.29) is 5.84 Å². The number of rotatable bonds is 5. The lowest BCUT2D eigenvalue weighted by Gasteiger charge is -2.05. The zero-order chi connectivity index (χ0) is 13.7. The van der Waals surface area contributed by atoms with E-state index in [1.807, 2.05) is 37.5 Å². The molecule has 0 aliphatic rings. The van der Waals surface area contributed by atoms with Crippen LogP contribution in [0, 0.1) is 0 Å². The van der Waals surface area contributed by atoms with E-state index in [0.29, 0.717) is 13.0 Å². The minimum Gasteiger partial charge on any atom is -0.489 e. The first kappa shape index (κ1) is 12.9. The van der Waals surface area contributed by atoms with Crippen molar-refractivity contribution < 1.29 is 9.94 Å². The Morgan fingerprint density at radius 1 is 1.37 bits per heavy atom. The van der Waals surface area contributed by atoms with Crippen molar-refractivity contribution in [1.82, 2.24) is 9.78 Å². The van der Waals surface area contributed by atoms with Crippen LogP contribution < -0.4 is 10.5 Å². The summed E-state index contributed by atoms with van der Waals surface area (Å²) in [6, 6.07) is 7.49. The number of aromatic nitrogens is 2. The first-order chi connectivity index (χ1) is 9.17. The molecule has 0 fully saturated rings. The minimum absolute atomic E-state index is 0.184. The summed E-state index contributed by atoms with van der Waals surface area (Å²) in [5.41, 5.74) is 7.42. The van der Waals surface area contributed by atoms with Gasteiger partial charge >= 0.3 is 0 Å². The number of benzene rings is 1. The zero-order valence-corrected chi connectivity index (χ0v) is 10.7. The van der Waals surface area contributed by atoms with Gasteiger partial charge in [0.1, 0.15) is 18.2 Å². The fourth-order valence-corrected chi connectivity index (χ4v) is 1.66. The lowest BCUT2D eigenvalue weighted by atomic mass is 10.1. The molecule has 0 bridgehead atoms. The van der Waals surface area contributed by atoms with Crippen LogP contribution in [0.15, 0.2) is 41.8 Å². The van der Waals surface area contributed by atoms with E-state index in [0.717, 1.165) is 16.9 Å². The van der Waals surface area contributed by atoms with Gasteiger partial charge in [0.15, 0.2) is 0 Å². The van der Waals surface area contributed by atoms with Crippen molar-refractivity contribution >= 4 is 5.84 Å². The summed E-state index contributed by atoms with van der Waals surface area (Å²) in [6.07, 6.45) is 4.10. The van der Waals surface area contributed by atoms with Gasteiger partial charge < -0.3 is 15.7 Å². The highest BCUT2D eigenvalue weighted by atomic mass is 16.5. The van der Waals surface area contributed by atoms with Crippen molar-refractivity contribution in [3.05, 3.63) is 47.8 Å². The van der Waals surface area contributed by atoms with Gasteiger partial charge in [0.25, 0.3) is 0 Å². The topological polar surface area (TPSA) is 85.7 Å². The fraction of sp³-hybridized carbons (Fsp3) is 0.231. The summed E-state index contributed by atoms with van der Waals surface area (Å²) in [7, 11) is 1.87. The molecule has 0 saturated carbocycles. The molecule has 0 amide bonds. The predicted octanol–water partition coefficient (Wildman–Crippen LogP) is 1.29. The van der Waals surface area contributed by atoms with Crippen LogP contribution in [-0.2, 0) is 20.1 Å². The van der Waals surface area contributed by atoms with Crippen molar-refractivity contribution in [3.8, 4) is 5.75 Å². The number of oxime groups is 1. The summed E-state index contributed by atoms with van der Waals surface area (Å²) < 4.78 is 7.36. The third-order valence-electron chi connectivity index (χ3n) is 2.60. The van der Waals surface area contributed by atoms with E-state index in [2.05, 4.69) is 10.3 Å². The van der Waals surface area contributed by atoms with Crippen molar-refractivity contribution in [2.75, 3.05) is 0 Å². The van der Waals surface area contributed by atoms with E-state index in [1.54, 1.807) is 10.9 Å². The van der Waals surface area contributed by atoms with Crippen LogP contribution in [0.1, 0.15) is 11.1 Å². The molecule has 6 nitrogen and oxygen atoms in total. The first-order valence-electron chi connectivity index (χ1n) is 5.83. The average Bonchev–Trinajstić information content (AvgIpc) is 2.83. The third kappa shape index (κ3) is 3.74. The Bertz CT molecular complexity index is 560. The fourth-order valence-electron chi connectivity index (χ4n) is 1.66. The third-order valence-corrected chi connectivity index (χ3v) is 2.60. The van der Waals surface area contributed by atoms with E-state index < -0.39 is 0 Å². The Balaban J connectivity index is 1.91. The van der Waals surface area contributed by atoms with Crippen LogP contribution in [0.3, 0.4) is 0 Å². The molecule has 1 aromatic carbocycles. The van der Waals surface area contributed by atoms with E-state index in [4.69, 9.17) is 15.7 Å². The monoisotopic (exact) mass is 260 g/mol. The Kier molecular flexibility index (Phi) is 4.02. The number of ether oxygens (including phenoxy) is 1. The maximum Gasteiger partial charge on any atom is 0.143 e. The predicted molar refractivity (Wildman–Crippen MR) is 71.1 cm³/mol. The molecule has 0 radical (unpaired) electrons. The van der Waals surface area contributed by atoms with Crippen molar-refractivity contribution in [3.63, 3.8) is 0 Å². The first-order valence-corrected chi connectivity index (χ1v) is 5.83. The second kappa shape index (κ2) is 5.90. The minimum atomic E-state index is 0.184. The molecule has 1 aromatic heterocycles. The number of aryl methyl sites for hydroxylation is 1. The lowest BCUT2D eigenvalue weighted by molar-refractivity contribution is 0.306. The SMILES string of the molecule is Cn1cc(COc2ccc(CC(N)=NO)cc2)cn1. The van der Waals surface area contributed by atoms with Gasteiger partial charge in [0.2, 0.25) is 0 Å². The van der Waals surface area contributed by atoms with Crippen LogP contribution in [0.4, 0.5) is 0 Å². The van der Waals surface area contributed by atoms with Crippen molar-refractivity contribution in [2.45, 2.75) is 13.0 Å². The van der Waals surface area contributed by atoms with Crippen LogP contribution in [0.25, 0.3) is 0 Å². The quantitative estimate of drug-likeness (QED) is 0.367. The normalized spacial score (nSPS) is 11.5. The summed E-state index contributed by atoms with van der Waals surface area (Å²) in [4.78, 5) is 0. The van der Waals surface area contributed by atoms with Crippen molar-refractivity contribution in [1.29, 1.82) is 0 Å². The van der Waals surface area contributed by atoms with Crippen LogP contribution >= 0.6 is 0 Å². The maximum absolute atomic E-state index is 8.49. The second-order valence-electron chi connectivity index (χ2n) is 4.22. The molecule has 2 rings (SSSR count). The number of amidine groups is 1. The van der Waals surface area contributed by atoms with Gasteiger partial charge in [-0.05, 0) is 17.7 Å². The van der Waals surface area contributed by atoms with Crippen LogP contribution in [0.2, 0.25) is 0 Å². The number of hydrogen-bond donors (Lipinski definition) is 2. The highest BCUT2D eigenvalue weighted by molar-refractivity contribution is 5.82. The molecule has 0 atom stereocenters. The molecule has 2 aromatic rings. The highest BCUT2D eigenvalue weighted by Crippen LogP contribution is 2.14. The number of hydrogen-bond acceptors (Lipinski definition) is 4. The van der Waals surface area contributed by atoms with E-state index in [1.165, 1.54) is 0 Å². The molecule has 100 valence electrons. The molecule has 3 N–H and O–H groups in total. The Morgan fingerprint density at radius 3 is 2.68 bits per heavy atom. The van der Waals surface area contributed by atoms with Gasteiger partial charge in [-0.25, -0.2) is 0 Å². The Hall–Kier alpha value is -2.50. The van der Waals surface area contributed by atoms with Gasteiger partial charge in [-0.3, -0.25) is 4.68 Å². The average molecular weight is 260 g/mol. The zero-order valence-electron chi connectivity index (χ0n) is 10.7. The molecule has 1 heterocycles. The summed E-state index contributed by atoms with van der Waals surface area (Å²) in [5, 5.41) is 15.5. The molecule has 0 unspecified atom stereocenters. The molecule has 0 aliphatic carbocycles. The summed E-state index contributed by atoms with van der Waals surface area (Å²) >= 11 is 0. The van der Waals surface area contributed by atoms with Crippen LogP contribution in [0.5, 0.6) is 5.75 Å². The highest BCUT2D eigenvalue weighted by Gasteiger charge is 2.00. The van der Waals surface area contributed by atoms with Gasteiger partial charge in [-0.1, -0.05) is 17.3 Å². The largest absolute Gasteiger partial charge is 0.489 e.